The van der Waals surface area contributed by atoms with Gasteiger partial charge in [-0.3, -0.25) is 0 Å². The van der Waals surface area contributed by atoms with Gasteiger partial charge in [-0.05, 0) is 44.1 Å². The lowest BCUT2D eigenvalue weighted by molar-refractivity contribution is -0.0599. The summed E-state index contributed by atoms with van der Waals surface area (Å²) in [7, 11) is 1.77. The Morgan fingerprint density at radius 1 is 1.44 bits per heavy atom. The van der Waals surface area contributed by atoms with Gasteiger partial charge in [0.2, 0.25) is 0 Å². The summed E-state index contributed by atoms with van der Waals surface area (Å²) in [6.45, 7) is 4.74. The van der Waals surface area contributed by atoms with E-state index in [0.29, 0.717) is 6.54 Å². The quantitative estimate of drug-likeness (QED) is 0.893. The molecule has 0 spiro atoms. The Hall–Kier alpha value is -1.00. The van der Waals surface area contributed by atoms with E-state index in [-0.39, 0.29) is 5.60 Å². The Morgan fingerprint density at radius 2 is 2.11 bits per heavy atom. The maximum absolute atomic E-state index is 5.79. The zero-order valence-corrected chi connectivity index (χ0v) is 11.6. The van der Waals surface area contributed by atoms with Crippen molar-refractivity contribution in [2.75, 3.05) is 7.11 Å². The second-order valence-electron chi connectivity index (χ2n) is 5.41. The van der Waals surface area contributed by atoms with Crippen molar-refractivity contribution in [1.29, 1.82) is 0 Å². The third-order valence-corrected chi connectivity index (χ3v) is 4.15. The van der Waals surface area contributed by atoms with Crippen LogP contribution in [0.1, 0.15) is 49.7 Å². The summed E-state index contributed by atoms with van der Waals surface area (Å²) in [5.74, 6) is 1.58. The first kappa shape index (κ1) is 13.4. The van der Waals surface area contributed by atoms with Crippen LogP contribution in [0.25, 0.3) is 0 Å². The minimum Gasteiger partial charge on any atom is -0.370 e. The lowest BCUT2D eigenvalue weighted by atomic mass is 9.79. The van der Waals surface area contributed by atoms with E-state index in [0.717, 1.165) is 35.8 Å². The average molecular weight is 249 g/mol. The van der Waals surface area contributed by atoms with E-state index in [1.807, 2.05) is 13.1 Å². The molecule has 0 unspecified atom stereocenters. The largest absolute Gasteiger partial charge is 0.370 e. The molecule has 0 aliphatic heterocycles. The number of hydrogen-bond donors (Lipinski definition) is 1. The standard InChI is InChI=1S/C14H23N3O/c1-10-4-6-14(18-3,7-5-10)13-16-9-11(2)12(8-15)17-13/h9-10H,4-8,15H2,1-3H3. The molecule has 0 saturated heterocycles. The molecule has 4 heteroatoms. The van der Waals surface area contributed by atoms with Gasteiger partial charge in [0.05, 0.1) is 5.69 Å². The Kier molecular flexibility index (Phi) is 3.97. The van der Waals surface area contributed by atoms with Gasteiger partial charge in [-0.15, -0.1) is 0 Å². The van der Waals surface area contributed by atoms with Crippen LogP contribution < -0.4 is 5.73 Å². The van der Waals surface area contributed by atoms with Crippen molar-refractivity contribution in [3.63, 3.8) is 0 Å². The first-order valence-corrected chi connectivity index (χ1v) is 6.69. The molecule has 1 aromatic rings. The Labute approximate surface area is 109 Å². The van der Waals surface area contributed by atoms with Gasteiger partial charge in [0.1, 0.15) is 5.60 Å². The highest BCUT2D eigenvalue weighted by Gasteiger charge is 2.38. The number of rotatable bonds is 3. The van der Waals surface area contributed by atoms with Crippen molar-refractivity contribution < 1.29 is 4.74 Å². The predicted octanol–water partition coefficient (Wildman–Crippen LogP) is 2.30. The monoisotopic (exact) mass is 249 g/mol. The normalized spacial score (nSPS) is 28.3. The van der Waals surface area contributed by atoms with Gasteiger partial charge in [-0.1, -0.05) is 6.92 Å². The second kappa shape index (κ2) is 5.33. The average Bonchev–Trinajstić information content (AvgIpc) is 2.41. The summed E-state index contributed by atoms with van der Waals surface area (Å²) in [4.78, 5) is 9.11. The number of aryl methyl sites for hydroxylation is 1. The van der Waals surface area contributed by atoms with Gasteiger partial charge in [0, 0.05) is 19.9 Å². The van der Waals surface area contributed by atoms with E-state index in [9.17, 15) is 0 Å². The molecule has 100 valence electrons. The molecule has 2 rings (SSSR count). The molecule has 1 heterocycles. The van der Waals surface area contributed by atoms with Crippen molar-refractivity contribution in [3.8, 4) is 0 Å². The van der Waals surface area contributed by atoms with Gasteiger partial charge >= 0.3 is 0 Å². The summed E-state index contributed by atoms with van der Waals surface area (Å²) < 4.78 is 5.79. The molecule has 0 radical (unpaired) electrons. The van der Waals surface area contributed by atoms with Crippen molar-refractivity contribution in [2.24, 2.45) is 11.7 Å². The van der Waals surface area contributed by atoms with Crippen LogP contribution in [-0.4, -0.2) is 17.1 Å². The molecule has 0 bridgehead atoms. The van der Waals surface area contributed by atoms with E-state index in [1.54, 1.807) is 7.11 Å². The van der Waals surface area contributed by atoms with Gasteiger partial charge < -0.3 is 10.5 Å². The van der Waals surface area contributed by atoms with Gasteiger partial charge in [0.15, 0.2) is 5.82 Å². The number of ether oxygens (including phenoxy) is 1. The summed E-state index contributed by atoms with van der Waals surface area (Å²) >= 11 is 0. The van der Waals surface area contributed by atoms with E-state index >= 15 is 0 Å². The molecule has 4 nitrogen and oxygen atoms in total. The fourth-order valence-corrected chi connectivity index (χ4v) is 2.65. The molecule has 1 aromatic heterocycles. The van der Waals surface area contributed by atoms with Crippen LogP contribution in [0, 0.1) is 12.8 Å². The zero-order chi connectivity index (χ0) is 13.2. The fourth-order valence-electron chi connectivity index (χ4n) is 2.65. The Bertz CT molecular complexity index is 412. The van der Waals surface area contributed by atoms with E-state index < -0.39 is 0 Å². The highest BCUT2D eigenvalue weighted by molar-refractivity contribution is 5.18. The van der Waals surface area contributed by atoms with Crippen molar-refractivity contribution in [3.05, 3.63) is 23.3 Å². The van der Waals surface area contributed by atoms with Crippen LogP contribution >= 0.6 is 0 Å². The number of nitrogens with zero attached hydrogens (tertiary/aromatic N) is 2. The topological polar surface area (TPSA) is 61.0 Å². The minimum absolute atomic E-state index is 0.301. The summed E-state index contributed by atoms with van der Waals surface area (Å²) in [5.41, 5.74) is 7.40. The summed E-state index contributed by atoms with van der Waals surface area (Å²) in [6.07, 6.45) is 6.20. The van der Waals surface area contributed by atoms with E-state index in [4.69, 9.17) is 10.5 Å². The lowest BCUT2D eigenvalue weighted by Gasteiger charge is -2.37. The van der Waals surface area contributed by atoms with Crippen molar-refractivity contribution in [2.45, 2.75) is 51.7 Å². The first-order chi connectivity index (χ1) is 8.61. The molecule has 1 saturated carbocycles. The highest BCUT2D eigenvalue weighted by atomic mass is 16.5. The van der Waals surface area contributed by atoms with Crippen LogP contribution in [0.2, 0.25) is 0 Å². The smallest absolute Gasteiger partial charge is 0.160 e. The SMILES string of the molecule is COC1(c2ncc(C)c(CN)n2)CCC(C)CC1. The molecular weight excluding hydrogens is 226 g/mol. The summed E-state index contributed by atoms with van der Waals surface area (Å²) in [6, 6.07) is 0. The van der Waals surface area contributed by atoms with Crippen LogP contribution in [0.5, 0.6) is 0 Å². The molecule has 0 atom stereocenters. The van der Waals surface area contributed by atoms with Gasteiger partial charge in [-0.25, -0.2) is 9.97 Å². The maximum Gasteiger partial charge on any atom is 0.160 e. The van der Waals surface area contributed by atoms with E-state index in [1.165, 1.54) is 12.8 Å². The summed E-state index contributed by atoms with van der Waals surface area (Å²) in [5, 5.41) is 0. The van der Waals surface area contributed by atoms with Gasteiger partial charge in [0.25, 0.3) is 0 Å². The predicted molar refractivity (Wildman–Crippen MR) is 71.0 cm³/mol. The zero-order valence-electron chi connectivity index (χ0n) is 11.6. The fraction of sp³-hybridized carbons (Fsp3) is 0.714. The van der Waals surface area contributed by atoms with Crippen LogP contribution in [0.3, 0.4) is 0 Å². The number of nitrogens with two attached hydrogens (primary N) is 1. The molecular formula is C14H23N3O. The Morgan fingerprint density at radius 3 is 2.67 bits per heavy atom. The van der Waals surface area contributed by atoms with Crippen molar-refractivity contribution >= 4 is 0 Å². The minimum atomic E-state index is -0.301. The number of aromatic nitrogens is 2. The maximum atomic E-state index is 5.79. The third-order valence-electron chi connectivity index (χ3n) is 4.15. The van der Waals surface area contributed by atoms with Crippen LogP contribution in [0.15, 0.2) is 6.20 Å². The third kappa shape index (κ3) is 2.40. The molecule has 2 N–H and O–H groups in total. The van der Waals surface area contributed by atoms with Crippen LogP contribution in [0.4, 0.5) is 0 Å². The van der Waals surface area contributed by atoms with Gasteiger partial charge in [-0.2, -0.15) is 0 Å². The Balaban J connectivity index is 2.32. The molecule has 0 aromatic carbocycles. The highest BCUT2D eigenvalue weighted by Crippen LogP contribution is 2.40. The molecule has 18 heavy (non-hydrogen) atoms. The van der Waals surface area contributed by atoms with E-state index in [2.05, 4.69) is 16.9 Å². The van der Waals surface area contributed by atoms with Crippen molar-refractivity contribution in [1.82, 2.24) is 9.97 Å². The first-order valence-electron chi connectivity index (χ1n) is 6.69. The molecule has 0 amide bonds. The number of methoxy groups -OCH3 is 1. The lowest BCUT2D eigenvalue weighted by Crippen LogP contribution is -2.35. The molecule has 1 aliphatic rings. The van der Waals surface area contributed by atoms with Crippen LogP contribution in [-0.2, 0) is 16.9 Å². The number of hydrogen-bond acceptors (Lipinski definition) is 4. The molecule has 1 aliphatic carbocycles. The molecule has 1 fully saturated rings. The second-order valence-corrected chi connectivity index (χ2v) is 5.41.